The Morgan fingerprint density at radius 1 is 1.09 bits per heavy atom. The highest BCUT2D eigenvalue weighted by Crippen LogP contribution is 2.24. The minimum atomic E-state index is -0.845. The summed E-state index contributed by atoms with van der Waals surface area (Å²) in [6, 6.07) is 12.1. The Bertz CT molecular complexity index is 1410. The number of carbonyl (C=O) groups excluding carboxylic acids is 1. The van der Waals surface area contributed by atoms with Crippen LogP contribution < -0.4 is 33.5 Å². The minimum Gasteiger partial charge on any atom is -0.491 e. The summed E-state index contributed by atoms with van der Waals surface area (Å²) in [6.45, 7) is 5.48. The quantitative estimate of drug-likeness (QED) is 0.349. The van der Waals surface area contributed by atoms with Crippen LogP contribution in [0, 0.1) is 6.92 Å². The number of halogens is 1. The van der Waals surface area contributed by atoms with Crippen LogP contribution in [0.5, 0.6) is 5.75 Å². The van der Waals surface area contributed by atoms with Gasteiger partial charge in [-0.1, -0.05) is 23.7 Å². The van der Waals surface area contributed by atoms with Crippen LogP contribution in [0.15, 0.2) is 57.0 Å². The van der Waals surface area contributed by atoms with Crippen LogP contribution in [0.3, 0.4) is 0 Å². The van der Waals surface area contributed by atoms with E-state index < -0.39 is 17.3 Å². The zero-order chi connectivity index (χ0) is 25.7. The number of aromatic nitrogens is 3. The second-order valence-electron chi connectivity index (χ2n) is 8.07. The minimum absolute atomic E-state index is 0.00335. The molecule has 0 bridgehead atoms. The Hall–Kier alpha value is -3.83. The normalized spacial score (nSPS) is 11.7. The van der Waals surface area contributed by atoms with Gasteiger partial charge in [0.2, 0.25) is 5.62 Å². The largest absolute Gasteiger partial charge is 0.491 e. The first-order chi connectivity index (χ1) is 16.6. The number of carbonyl (C=O) groups is 1. The Balaban J connectivity index is 2.19. The SMILES string of the molecule is Cc1cc(N=c2n(N)c(=O)n(CCC(=O)ON)c(=O)n2Cc2ccc(Cl)cc2)ccc1OC(C)C. The van der Waals surface area contributed by atoms with E-state index in [0.29, 0.717) is 16.5 Å². The smallest absolute Gasteiger partial charge is 0.353 e. The third-order valence-electron chi connectivity index (χ3n) is 5.03. The summed E-state index contributed by atoms with van der Waals surface area (Å²) in [6.07, 6.45) is -0.295. The number of aryl methyl sites for hydroxylation is 1. The molecule has 0 fully saturated rings. The maximum Gasteiger partial charge on any atom is 0.353 e. The van der Waals surface area contributed by atoms with E-state index in [2.05, 4.69) is 9.83 Å². The molecule has 3 rings (SSSR count). The second kappa shape index (κ2) is 11.1. The van der Waals surface area contributed by atoms with Gasteiger partial charge < -0.3 is 15.4 Å². The van der Waals surface area contributed by atoms with Crippen LogP contribution in [0.2, 0.25) is 5.02 Å². The fourth-order valence-corrected chi connectivity index (χ4v) is 3.47. The molecule has 0 spiro atoms. The highest BCUT2D eigenvalue weighted by molar-refractivity contribution is 6.30. The van der Waals surface area contributed by atoms with Gasteiger partial charge >= 0.3 is 17.3 Å². The Morgan fingerprint density at radius 2 is 1.77 bits per heavy atom. The molecule has 3 aromatic rings. The summed E-state index contributed by atoms with van der Waals surface area (Å²) >= 11 is 5.98. The summed E-state index contributed by atoms with van der Waals surface area (Å²) in [5, 5.41) is 0.532. The standard InChI is InChI=1S/C23H27ClN6O5/c1-14(2)34-19-9-8-18(12-15(19)3)27-21-29(13-16-4-6-17(24)7-5-16)22(32)28(23(33)30(21)25)11-10-20(31)35-26/h4-9,12,14H,10-11,13,25-26H2,1-3H3. The first-order valence-electron chi connectivity index (χ1n) is 10.8. The third-order valence-corrected chi connectivity index (χ3v) is 5.28. The Kier molecular flexibility index (Phi) is 8.15. The van der Waals surface area contributed by atoms with Gasteiger partial charge in [-0.25, -0.2) is 19.1 Å². The van der Waals surface area contributed by atoms with Gasteiger partial charge in [-0.3, -0.25) is 9.36 Å². The van der Waals surface area contributed by atoms with E-state index in [0.717, 1.165) is 20.4 Å². The van der Waals surface area contributed by atoms with Crippen molar-refractivity contribution in [3.63, 3.8) is 0 Å². The summed E-state index contributed by atoms with van der Waals surface area (Å²) < 4.78 is 8.59. The molecule has 12 heteroatoms. The molecule has 0 amide bonds. The van der Waals surface area contributed by atoms with Gasteiger partial charge in [0.25, 0.3) is 0 Å². The fourth-order valence-electron chi connectivity index (χ4n) is 3.34. The second-order valence-corrected chi connectivity index (χ2v) is 8.50. The van der Waals surface area contributed by atoms with Gasteiger partial charge in [-0.2, -0.15) is 10.6 Å². The molecule has 0 saturated carbocycles. The van der Waals surface area contributed by atoms with Crippen molar-refractivity contribution in [3.05, 3.63) is 85.2 Å². The van der Waals surface area contributed by atoms with Crippen molar-refractivity contribution < 1.29 is 14.4 Å². The maximum atomic E-state index is 13.3. The molecule has 0 unspecified atom stereocenters. The van der Waals surface area contributed by atoms with Crippen LogP contribution in [-0.2, 0) is 22.7 Å². The van der Waals surface area contributed by atoms with Gasteiger partial charge in [-0.05, 0) is 62.2 Å². The van der Waals surface area contributed by atoms with Gasteiger partial charge in [0, 0.05) is 11.6 Å². The molecule has 0 radical (unpaired) electrons. The lowest BCUT2D eigenvalue weighted by Gasteiger charge is -2.14. The zero-order valence-electron chi connectivity index (χ0n) is 19.6. The summed E-state index contributed by atoms with van der Waals surface area (Å²) in [5.74, 6) is 10.9. The molecule has 1 aromatic heterocycles. The highest BCUT2D eigenvalue weighted by atomic mass is 35.5. The molecule has 0 aliphatic rings. The maximum absolute atomic E-state index is 13.3. The van der Waals surface area contributed by atoms with Crippen molar-refractivity contribution >= 4 is 23.3 Å². The average molecular weight is 503 g/mol. The molecule has 0 atom stereocenters. The number of benzene rings is 2. The molecule has 4 N–H and O–H groups in total. The van der Waals surface area contributed by atoms with Gasteiger partial charge in [0.05, 0.1) is 24.8 Å². The van der Waals surface area contributed by atoms with Crippen LogP contribution >= 0.6 is 11.6 Å². The molecule has 0 saturated heterocycles. The number of hydrogen-bond donors (Lipinski definition) is 2. The predicted molar refractivity (Wildman–Crippen MR) is 131 cm³/mol. The summed E-state index contributed by atoms with van der Waals surface area (Å²) in [4.78, 5) is 46.3. The molecule has 0 aliphatic heterocycles. The molecule has 35 heavy (non-hydrogen) atoms. The van der Waals surface area contributed by atoms with Gasteiger partial charge in [0.15, 0.2) is 0 Å². The van der Waals surface area contributed by atoms with Gasteiger partial charge in [0.1, 0.15) is 5.75 Å². The lowest BCUT2D eigenvalue weighted by Crippen LogP contribution is -2.57. The van der Waals surface area contributed by atoms with E-state index in [9.17, 15) is 14.4 Å². The van der Waals surface area contributed by atoms with Crippen LogP contribution in [-0.4, -0.2) is 25.9 Å². The van der Waals surface area contributed by atoms with Gasteiger partial charge in [-0.15, -0.1) is 0 Å². The molecular weight excluding hydrogens is 476 g/mol. The number of nitrogens with two attached hydrogens (primary N) is 2. The van der Waals surface area contributed by atoms with E-state index in [4.69, 9.17) is 28.1 Å². The first-order valence-corrected chi connectivity index (χ1v) is 11.2. The van der Waals surface area contributed by atoms with E-state index in [-0.39, 0.29) is 31.2 Å². The van der Waals surface area contributed by atoms with Crippen molar-refractivity contribution in [1.29, 1.82) is 0 Å². The van der Waals surface area contributed by atoms with E-state index in [1.807, 2.05) is 20.8 Å². The molecule has 11 nitrogen and oxygen atoms in total. The summed E-state index contributed by atoms with van der Waals surface area (Å²) in [5.41, 5.74) is 0.379. The first kappa shape index (κ1) is 25.8. The fraction of sp³-hybridized carbons (Fsp3) is 0.304. The highest BCUT2D eigenvalue weighted by Gasteiger charge is 2.15. The topological polar surface area (TPSA) is 149 Å². The van der Waals surface area contributed by atoms with Crippen molar-refractivity contribution in [3.8, 4) is 5.75 Å². The lowest BCUT2D eigenvalue weighted by atomic mass is 10.2. The Morgan fingerprint density at radius 3 is 2.37 bits per heavy atom. The third kappa shape index (κ3) is 6.19. The number of nitrogens with zero attached hydrogens (tertiary/aromatic N) is 4. The van der Waals surface area contributed by atoms with E-state index in [1.165, 1.54) is 4.57 Å². The van der Waals surface area contributed by atoms with Crippen LogP contribution in [0.25, 0.3) is 0 Å². The average Bonchev–Trinajstić information content (AvgIpc) is 2.82. The lowest BCUT2D eigenvalue weighted by molar-refractivity contribution is -0.144. The number of hydrogen-bond acceptors (Lipinski definition) is 8. The molecule has 2 aromatic carbocycles. The summed E-state index contributed by atoms with van der Waals surface area (Å²) in [7, 11) is 0. The molecular formula is C23H27ClN6O5. The van der Waals surface area contributed by atoms with Crippen molar-refractivity contribution in [2.45, 2.75) is 46.4 Å². The van der Waals surface area contributed by atoms with Crippen molar-refractivity contribution in [2.24, 2.45) is 10.9 Å². The monoisotopic (exact) mass is 502 g/mol. The van der Waals surface area contributed by atoms with E-state index in [1.54, 1.807) is 42.5 Å². The predicted octanol–water partition coefficient (Wildman–Crippen LogP) is 1.36. The zero-order valence-corrected chi connectivity index (χ0v) is 20.4. The Labute approximate surface area is 205 Å². The number of ether oxygens (including phenoxy) is 1. The molecule has 186 valence electrons. The molecule has 0 aliphatic carbocycles. The molecule has 1 heterocycles. The van der Waals surface area contributed by atoms with Crippen molar-refractivity contribution in [1.82, 2.24) is 13.8 Å². The van der Waals surface area contributed by atoms with Crippen LogP contribution in [0.1, 0.15) is 31.4 Å². The van der Waals surface area contributed by atoms with E-state index >= 15 is 0 Å². The van der Waals surface area contributed by atoms with Crippen molar-refractivity contribution in [2.75, 3.05) is 5.84 Å². The number of rotatable bonds is 8. The van der Waals surface area contributed by atoms with Crippen LogP contribution in [0.4, 0.5) is 5.69 Å². The number of nitrogen functional groups attached to an aromatic ring is 1.